The standard InChI is InChI=1S/C18H12F4N4OS/c1-9-3-4-11(6-14(9)19)16-25-15(27-26-16)8-28-17-12(7-23)13(18(20,21)22)5-10(2)24-17/h3-6H,8H2,1-2H3. The Hall–Kier alpha value is -2.93. The highest BCUT2D eigenvalue weighted by Crippen LogP contribution is 2.36. The molecule has 0 spiro atoms. The molecule has 0 aliphatic heterocycles. The van der Waals surface area contributed by atoms with E-state index in [0.717, 1.165) is 17.8 Å². The van der Waals surface area contributed by atoms with Crippen molar-refractivity contribution in [1.82, 2.24) is 15.1 Å². The lowest BCUT2D eigenvalue weighted by molar-refractivity contribution is -0.138. The van der Waals surface area contributed by atoms with Crippen molar-refractivity contribution >= 4 is 11.8 Å². The summed E-state index contributed by atoms with van der Waals surface area (Å²) in [5, 5.41) is 12.8. The summed E-state index contributed by atoms with van der Waals surface area (Å²) in [5.41, 5.74) is -0.572. The molecule has 0 saturated carbocycles. The van der Waals surface area contributed by atoms with Gasteiger partial charge in [0.2, 0.25) is 11.7 Å². The Morgan fingerprint density at radius 1 is 1.18 bits per heavy atom. The van der Waals surface area contributed by atoms with E-state index >= 15 is 0 Å². The minimum absolute atomic E-state index is 0.00374. The number of hydrogen-bond donors (Lipinski definition) is 0. The minimum atomic E-state index is -4.67. The van der Waals surface area contributed by atoms with Crippen LogP contribution in [0.15, 0.2) is 33.8 Å². The van der Waals surface area contributed by atoms with Crippen LogP contribution in [-0.2, 0) is 11.9 Å². The molecule has 5 nitrogen and oxygen atoms in total. The molecule has 28 heavy (non-hydrogen) atoms. The van der Waals surface area contributed by atoms with Gasteiger partial charge in [0.25, 0.3) is 0 Å². The van der Waals surface area contributed by atoms with E-state index in [1.54, 1.807) is 25.1 Å². The first-order chi connectivity index (χ1) is 13.2. The largest absolute Gasteiger partial charge is 0.417 e. The van der Waals surface area contributed by atoms with Gasteiger partial charge in [0, 0.05) is 11.3 Å². The summed E-state index contributed by atoms with van der Waals surface area (Å²) < 4.78 is 58.2. The second-order valence-electron chi connectivity index (χ2n) is 5.87. The maximum absolute atomic E-state index is 13.7. The molecule has 3 rings (SSSR count). The smallest absolute Gasteiger partial charge is 0.338 e. The molecule has 0 aliphatic rings. The molecular weight excluding hydrogens is 396 g/mol. The van der Waals surface area contributed by atoms with Crippen LogP contribution in [0.2, 0.25) is 0 Å². The molecule has 0 atom stereocenters. The molecule has 10 heteroatoms. The van der Waals surface area contributed by atoms with Crippen LogP contribution in [0.25, 0.3) is 11.4 Å². The number of nitrogens with zero attached hydrogens (tertiary/aromatic N) is 4. The Kier molecular flexibility index (Phi) is 5.38. The van der Waals surface area contributed by atoms with Crippen LogP contribution < -0.4 is 0 Å². The summed E-state index contributed by atoms with van der Waals surface area (Å²) in [6, 6.07) is 6.87. The molecule has 0 aliphatic carbocycles. The molecule has 0 radical (unpaired) electrons. The van der Waals surface area contributed by atoms with E-state index in [4.69, 9.17) is 9.78 Å². The monoisotopic (exact) mass is 408 g/mol. The van der Waals surface area contributed by atoms with Crippen LogP contribution in [0.5, 0.6) is 0 Å². The van der Waals surface area contributed by atoms with Crippen molar-refractivity contribution in [3.63, 3.8) is 0 Å². The molecule has 0 unspecified atom stereocenters. The van der Waals surface area contributed by atoms with Crippen molar-refractivity contribution in [3.05, 3.63) is 58.4 Å². The van der Waals surface area contributed by atoms with Gasteiger partial charge in [-0.2, -0.15) is 23.4 Å². The van der Waals surface area contributed by atoms with Gasteiger partial charge in [-0.3, -0.25) is 0 Å². The zero-order valence-electron chi connectivity index (χ0n) is 14.6. The first-order valence-electron chi connectivity index (χ1n) is 7.90. The fourth-order valence-corrected chi connectivity index (χ4v) is 3.26. The summed E-state index contributed by atoms with van der Waals surface area (Å²) in [7, 11) is 0. The molecule has 0 fully saturated rings. The van der Waals surface area contributed by atoms with E-state index in [9.17, 15) is 17.6 Å². The van der Waals surface area contributed by atoms with Crippen molar-refractivity contribution in [1.29, 1.82) is 5.26 Å². The van der Waals surface area contributed by atoms with Gasteiger partial charge in [-0.05, 0) is 31.5 Å². The molecule has 0 bridgehead atoms. The van der Waals surface area contributed by atoms with Crippen LogP contribution >= 0.6 is 11.8 Å². The van der Waals surface area contributed by atoms with Gasteiger partial charge in [-0.25, -0.2) is 9.37 Å². The number of nitriles is 1. The van der Waals surface area contributed by atoms with E-state index in [1.165, 1.54) is 13.0 Å². The Balaban J connectivity index is 1.84. The fourth-order valence-electron chi connectivity index (χ4n) is 2.37. The van der Waals surface area contributed by atoms with Crippen molar-refractivity contribution < 1.29 is 22.1 Å². The van der Waals surface area contributed by atoms with Crippen molar-refractivity contribution in [2.75, 3.05) is 0 Å². The summed E-state index contributed by atoms with van der Waals surface area (Å²) in [5.74, 6) is -0.144. The number of pyridine rings is 1. The normalized spacial score (nSPS) is 11.5. The van der Waals surface area contributed by atoms with Crippen LogP contribution in [-0.4, -0.2) is 15.1 Å². The number of rotatable bonds is 4. The Morgan fingerprint density at radius 2 is 1.93 bits per heavy atom. The molecule has 2 heterocycles. The maximum atomic E-state index is 13.7. The van der Waals surface area contributed by atoms with Gasteiger partial charge < -0.3 is 4.52 Å². The molecule has 0 amide bonds. The zero-order valence-corrected chi connectivity index (χ0v) is 15.5. The second-order valence-corrected chi connectivity index (χ2v) is 6.83. The number of benzene rings is 1. The number of halogens is 4. The summed E-state index contributed by atoms with van der Waals surface area (Å²) in [6.45, 7) is 3.03. The average molecular weight is 408 g/mol. The molecule has 0 saturated heterocycles. The minimum Gasteiger partial charge on any atom is -0.338 e. The maximum Gasteiger partial charge on any atom is 0.417 e. The summed E-state index contributed by atoms with van der Waals surface area (Å²) in [6.07, 6.45) is -4.67. The molecular formula is C18H12F4N4OS. The molecule has 1 aromatic carbocycles. The van der Waals surface area contributed by atoms with E-state index in [1.807, 2.05) is 0 Å². The third kappa shape index (κ3) is 4.14. The van der Waals surface area contributed by atoms with Gasteiger partial charge in [-0.15, -0.1) is 0 Å². The summed E-state index contributed by atoms with van der Waals surface area (Å²) in [4.78, 5) is 8.14. The van der Waals surface area contributed by atoms with Crippen molar-refractivity contribution in [2.45, 2.75) is 30.8 Å². The van der Waals surface area contributed by atoms with Crippen LogP contribution in [0.4, 0.5) is 17.6 Å². The predicted octanol–water partition coefficient (Wildman–Crippen LogP) is 5.07. The third-order valence-corrected chi connectivity index (χ3v) is 4.72. The van der Waals surface area contributed by atoms with E-state index in [-0.39, 0.29) is 28.2 Å². The quantitative estimate of drug-likeness (QED) is 0.443. The van der Waals surface area contributed by atoms with Crippen LogP contribution in [0.1, 0.15) is 28.3 Å². The van der Waals surface area contributed by atoms with Gasteiger partial charge >= 0.3 is 6.18 Å². The van der Waals surface area contributed by atoms with Crippen LogP contribution in [0.3, 0.4) is 0 Å². The highest BCUT2D eigenvalue weighted by atomic mass is 32.2. The van der Waals surface area contributed by atoms with Crippen molar-refractivity contribution in [2.24, 2.45) is 0 Å². The zero-order chi connectivity index (χ0) is 20.5. The van der Waals surface area contributed by atoms with E-state index in [2.05, 4.69) is 15.1 Å². The lowest BCUT2D eigenvalue weighted by atomic mass is 10.1. The van der Waals surface area contributed by atoms with E-state index < -0.39 is 23.1 Å². The number of aryl methyl sites for hydroxylation is 2. The van der Waals surface area contributed by atoms with Gasteiger partial charge in [0.1, 0.15) is 16.9 Å². The summed E-state index contributed by atoms with van der Waals surface area (Å²) >= 11 is 0.879. The van der Waals surface area contributed by atoms with Crippen LogP contribution in [0, 0.1) is 31.0 Å². The first-order valence-corrected chi connectivity index (χ1v) is 8.88. The Bertz CT molecular complexity index is 1070. The number of thioether (sulfide) groups is 1. The average Bonchev–Trinajstić information content (AvgIpc) is 3.10. The number of hydrogen-bond acceptors (Lipinski definition) is 6. The second kappa shape index (κ2) is 7.59. The fraction of sp³-hybridized carbons (Fsp3) is 0.222. The topological polar surface area (TPSA) is 75.6 Å². The predicted molar refractivity (Wildman–Crippen MR) is 92.7 cm³/mol. The highest BCUT2D eigenvalue weighted by Gasteiger charge is 2.35. The SMILES string of the molecule is Cc1cc(C(F)(F)F)c(C#N)c(SCc2nc(-c3ccc(C)c(F)c3)no2)n1. The number of alkyl halides is 3. The Morgan fingerprint density at radius 3 is 2.57 bits per heavy atom. The molecule has 144 valence electrons. The molecule has 0 N–H and O–H groups in total. The molecule has 2 aromatic heterocycles. The highest BCUT2D eigenvalue weighted by molar-refractivity contribution is 7.98. The lowest BCUT2D eigenvalue weighted by Crippen LogP contribution is -2.10. The first kappa shape index (κ1) is 19.8. The van der Waals surface area contributed by atoms with Gasteiger partial charge in [-0.1, -0.05) is 29.1 Å². The number of aromatic nitrogens is 3. The van der Waals surface area contributed by atoms with E-state index in [0.29, 0.717) is 11.1 Å². The van der Waals surface area contributed by atoms with Crippen molar-refractivity contribution in [3.8, 4) is 17.5 Å². The van der Waals surface area contributed by atoms with Gasteiger partial charge in [0.05, 0.1) is 16.9 Å². The molecule has 3 aromatic rings. The van der Waals surface area contributed by atoms with Gasteiger partial charge in [0.15, 0.2) is 0 Å². The Labute approximate surface area is 161 Å². The lowest BCUT2D eigenvalue weighted by Gasteiger charge is -2.12. The third-order valence-electron chi connectivity index (χ3n) is 3.76.